The largest absolute Gasteiger partial charge is 0.476 e. The van der Waals surface area contributed by atoms with Gasteiger partial charge in [-0.15, -0.1) is 0 Å². The zero-order chi connectivity index (χ0) is 9.97. The second-order valence-electron chi connectivity index (χ2n) is 2.48. The van der Waals surface area contributed by atoms with Gasteiger partial charge in [-0.2, -0.15) is 0 Å². The Labute approximate surface area is 78.2 Å². The van der Waals surface area contributed by atoms with Crippen LogP contribution in [0.1, 0.15) is 10.5 Å². The lowest BCUT2D eigenvalue weighted by Gasteiger charge is -1.92. The SMILES string of the molecule is O=C(O)c1nonc1-c1ccccn1. The third-order valence-electron chi connectivity index (χ3n) is 1.60. The summed E-state index contributed by atoms with van der Waals surface area (Å²) in [5, 5.41) is 15.5. The third kappa shape index (κ3) is 1.33. The Kier molecular flexibility index (Phi) is 1.94. The van der Waals surface area contributed by atoms with E-state index in [4.69, 9.17) is 5.11 Å². The quantitative estimate of drug-likeness (QED) is 0.756. The minimum Gasteiger partial charge on any atom is -0.476 e. The van der Waals surface area contributed by atoms with E-state index in [0.717, 1.165) is 0 Å². The van der Waals surface area contributed by atoms with Crippen LogP contribution in [-0.2, 0) is 0 Å². The number of aromatic nitrogens is 3. The molecule has 2 aromatic rings. The monoisotopic (exact) mass is 191 g/mol. The number of hydrogen-bond donors (Lipinski definition) is 1. The first-order valence-electron chi connectivity index (χ1n) is 3.76. The normalized spacial score (nSPS) is 10.0. The van der Waals surface area contributed by atoms with Crippen LogP contribution < -0.4 is 0 Å². The molecule has 6 heteroatoms. The molecule has 70 valence electrons. The lowest BCUT2D eigenvalue weighted by molar-refractivity contribution is 0.0685. The molecule has 0 radical (unpaired) electrons. The van der Waals surface area contributed by atoms with E-state index in [1.165, 1.54) is 6.20 Å². The first-order chi connectivity index (χ1) is 6.79. The van der Waals surface area contributed by atoms with Crippen molar-refractivity contribution in [2.45, 2.75) is 0 Å². The molecule has 2 rings (SSSR count). The number of carboxylic acid groups (broad SMARTS) is 1. The number of pyridine rings is 1. The second kappa shape index (κ2) is 3.25. The molecule has 0 aliphatic rings. The molecule has 0 aliphatic heterocycles. The summed E-state index contributed by atoms with van der Waals surface area (Å²) in [6.45, 7) is 0. The van der Waals surface area contributed by atoms with Crippen LogP contribution in [0.4, 0.5) is 0 Å². The molecular formula is C8H5N3O3. The maximum Gasteiger partial charge on any atom is 0.360 e. The standard InChI is InChI=1S/C8H5N3O3/c12-8(13)7-6(10-14-11-7)5-3-1-2-4-9-5/h1-4H,(H,12,13). The fourth-order valence-corrected chi connectivity index (χ4v) is 1.000. The molecule has 2 heterocycles. The van der Waals surface area contributed by atoms with Crippen LogP contribution in [0.3, 0.4) is 0 Å². The lowest BCUT2D eigenvalue weighted by Crippen LogP contribution is -1.99. The molecule has 0 aromatic carbocycles. The first kappa shape index (κ1) is 8.36. The van der Waals surface area contributed by atoms with E-state index in [9.17, 15) is 4.79 Å². The Hall–Kier alpha value is -2.24. The van der Waals surface area contributed by atoms with Crippen molar-refractivity contribution in [3.8, 4) is 11.4 Å². The highest BCUT2D eigenvalue weighted by Crippen LogP contribution is 2.16. The van der Waals surface area contributed by atoms with E-state index in [1.54, 1.807) is 18.2 Å². The van der Waals surface area contributed by atoms with Gasteiger partial charge < -0.3 is 5.11 Å². The fraction of sp³-hybridized carbons (Fsp3) is 0. The van der Waals surface area contributed by atoms with E-state index >= 15 is 0 Å². The minimum absolute atomic E-state index is 0.137. The number of carboxylic acids is 1. The predicted octanol–water partition coefficient (Wildman–Crippen LogP) is 0.830. The van der Waals surface area contributed by atoms with Crippen molar-refractivity contribution in [3.05, 3.63) is 30.1 Å². The zero-order valence-corrected chi connectivity index (χ0v) is 6.91. The van der Waals surface area contributed by atoms with E-state index in [2.05, 4.69) is 19.9 Å². The first-order valence-corrected chi connectivity index (χ1v) is 3.76. The van der Waals surface area contributed by atoms with Crippen LogP contribution in [0.5, 0.6) is 0 Å². The van der Waals surface area contributed by atoms with E-state index < -0.39 is 5.97 Å². The van der Waals surface area contributed by atoms with Crippen molar-refractivity contribution < 1.29 is 14.5 Å². The summed E-state index contributed by atoms with van der Waals surface area (Å²) in [4.78, 5) is 14.6. The molecule has 2 aromatic heterocycles. The summed E-state index contributed by atoms with van der Waals surface area (Å²) in [6, 6.07) is 5.08. The number of carbonyl (C=O) groups is 1. The Morgan fingerprint density at radius 1 is 1.36 bits per heavy atom. The molecule has 0 fully saturated rings. The number of aromatic carboxylic acids is 1. The maximum atomic E-state index is 10.7. The number of rotatable bonds is 2. The van der Waals surface area contributed by atoms with Gasteiger partial charge in [0, 0.05) is 6.20 Å². The lowest BCUT2D eigenvalue weighted by atomic mass is 10.2. The maximum absolute atomic E-state index is 10.7. The Morgan fingerprint density at radius 2 is 2.21 bits per heavy atom. The summed E-state index contributed by atoms with van der Waals surface area (Å²) in [5.41, 5.74) is 0.327. The summed E-state index contributed by atoms with van der Waals surface area (Å²) in [5.74, 6) is -1.19. The summed E-state index contributed by atoms with van der Waals surface area (Å²) in [6.07, 6.45) is 1.54. The van der Waals surface area contributed by atoms with Crippen molar-refractivity contribution in [3.63, 3.8) is 0 Å². The molecular weight excluding hydrogens is 186 g/mol. The Morgan fingerprint density at radius 3 is 2.86 bits per heavy atom. The highest BCUT2D eigenvalue weighted by Gasteiger charge is 2.19. The number of nitrogens with zero attached hydrogens (tertiary/aromatic N) is 3. The van der Waals surface area contributed by atoms with Gasteiger partial charge in [-0.05, 0) is 22.4 Å². The van der Waals surface area contributed by atoms with E-state index in [1.807, 2.05) is 0 Å². The summed E-state index contributed by atoms with van der Waals surface area (Å²) >= 11 is 0. The van der Waals surface area contributed by atoms with Crippen molar-refractivity contribution in [2.75, 3.05) is 0 Å². The van der Waals surface area contributed by atoms with Crippen LogP contribution in [0.15, 0.2) is 29.0 Å². The van der Waals surface area contributed by atoms with E-state index in [0.29, 0.717) is 5.69 Å². The van der Waals surface area contributed by atoms with Crippen molar-refractivity contribution in [2.24, 2.45) is 0 Å². The minimum atomic E-state index is -1.19. The average molecular weight is 191 g/mol. The van der Waals surface area contributed by atoms with Gasteiger partial charge in [-0.1, -0.05) is 6.07 Å². The van der Waals surface area contributed by atoms with Crippen LogP contribution >= 0.6 is 0 Å². The summed E-state index contributed by atoms with van der Waals surface area (Å²) in [7, 11) is 0. The van der Waals surface area contributed by atoms with Crippen LogP contribution in [0, 0.1) is 0 Å². The smallest absolute Gasteiger partial charge is 0.360 e. The van der Waals surface area contributed by atoms with Gasteiger partial charge in [0.1, 0.15) is 0 Å². The predicted molar refractivity (Wildman–Crippen MR) is 44.5 cm³/mol. The topological polar surface area (TPSA) is 89.1 Å². The zero-order valence-electron chi connectivity index (χ0n) is 6.91. The van der Waals surface area contributed by atoms with Gasteiger partial charge >= 0.3 is 5.97 Å². The molecule has 0 unspecified atom stereocenters. The molecule has 1 N–H and O–H groups in total. The van der Waals surface area contributed by atoms with Gasteiger partial charge in [0.25, 0.3) is 0 Å². The number of hydrogen-bond acceptors (Lipinski definition) is 5. The van der Waals surface area contributed by atoms with Crippen molar-refractivity contribution in [1.82, 2.24) is 15.3 Å². The molecule has 0 saturated carbocycles. The van der Waals surface area contributed by atoms with E-state index in [-0.39, 0.29) is 11.4 Å². The van der Waals surface area contributed by atoms with Crippen molar-refractivity contribution >= 4 is 5.97 Å². The Bertz CT molecular complexity index is 452. The second-order valence-corrected chi connectivity index (χ2v) is 2.48. The van der Waals surface area contributed by atoms with Gasteiger partial charge in [-0.25, -0.2) is 9.42 Å². The van der Waals surface area contributed by atoms with Crippen LogP contribution in [0.2, 0.25) is 0 Å². The van der Waals surface area contributed by atoms with Crippen LogP contribution in [-0.4, -0.2) is 26.4 Å². The molecule has 0 amide bonds. The molecule has 0 aliphatic carbocycles. The van der Waals surface area contributed by atoms with Gasteiger partial charge in [0.15, 0.2) is 5.69 Å². The highest BCUT2D eigenvalue weighted by molar-refractivity contribution is 5.91. The average Bonchev–Trinajstić information content (AvgIpc) is 2.67. The summed E-state index contributed by atoms with van der Waals surface area (Å²) < 4.78 is 4.34. The molecule has 14 heavy (non-hydrogen) atoms. The molecule has 0 atom stereocenters. The Balaban J connectivity index is 2.52. The third-order valence-corrected chi connectivity index (χ3v) is 1.60. The van der Waals surface area contributed by atoms with Gasteiger partial charge in [0.05, 0.1) is 5.69 Å². The highest BCUT2D eigenvalue weighted by atomic mass is 16.6. The molecule has 6 nitrogen and oxygen atoms in total. The molecule has 0 bridgehead atoms. The van der Waals surface area contributed by atoms with Gasteiger partial charge in [-0.3, -0.25) is 4.98 Å². The fourth-order valence-electron chi connectivity index (χ4n) is 1.000. The molecule has 0 spiro atoms. The van der Waals surface area contributed by atoms with Crippen LogP contribution in [0.25, 0.3) is 11.4 Å². The molecule has 0 saturated heterocycles. The van der Waals surface area contributed by atoms with Gasteiger partial charge in [0.2, 0.25) is 5.69 Å². The van der Waals surface area contributed by atoms with Crippen molar-refractivity contribution in [1.29, 1.82) is 0 Å².